The van der Waals surface area contributed by atoms with Crippen LogP contribution < -0.4 is 10.1 Å². The van der Waals surface area contributed by atoms with Crippen LogP contribution in [0.2, 0.25) is 5.02 Å². The summed E-state index contributed by atoms with van der Waals surface area (Å²) in [6, 6.07) is 19.4. The maximum absolute atomic E-state index is 13.3. The van der Waals surface area contributed by atoms with Gasteiger partial charge in [-0.15, -0.1) is 5.10 Å². The molecule has 4 aromatic rings. The molecule has 0 radical (unpaired) electrons. The number of anilines is 1. The van der Waals surface area contributed by atoms with E-state index < -0.39 is 6.04 Å². The molecule has 0 aliphatic carbocycles. The van der Waals surface area contributed by atoms with Gasteiger partial charge in [0, 0.05) is 16.5 Å². The standard InChI is InChI=1S/C33H35ClN4O3S/c1-6-15-40-31(39)29-23(5)35-32-36-33(42-19-25-9-7-8-10-28(25)34)37-38(32)30(29)24-11-13-27(14-12-24)41-18-26-17-21(3)20(2)16-22(26)4/h7-14,16-17,30H,6,15,18-19H2,1-5H3,(H,35,36,37). The van der Waals surface area contributed by atoms with Crippen molar-refractivity contribution in [3.05, 3.63) is 110 Å². The molecule has 1 aromatic heterocycles. The van der Waals surface area contributed by atoms with Gasteiger partial charge < -0.3 is 14.8 Å². The van der Waals surface area contributed by atoms with Crippen molar-refractivity contribution in [1.82, 2.24) is 14.8 Å². The Labute approximate surface area is 256 Å². The number of thioether (sulfide) groups is 1. The summed E-state index contributed by atoms with van der Waals surface area (Å²) in [5, 5.41) is 9.37. The molecular weight excluding hydrogens is 568 g/mol. The van der Waals surface area contributed by atoms with Crippen LogP contribution in [0.3, 0.4) is 0 Å². The number of benzene rings is 3. The molecule has 0 saturated heterocycles. The minimum Gasteiger partial charge on any atom is -0.489 e. The molecule has 7 nitrogen and oxygen atoms in total. The monoisotopic (exact) mass is 602 g/mol. The lowest BCUT2D eigenvalue weighted by molar-refractivity contribution is -0.139. The summed E-state index contributed by atoms with van der Waals surface area (Å²) in [5.74, 6) is 1.56. The van der Waals surface area contributed by atoms with Crippen LogP contribution >= 0.6 is 23.4 Å². The number of hydrogen-bond acceptors (Lipinski definition) is 7. The molecule has 0 amide bonds. The molecule has 42 heavy (non-hydrogen) atoms. The number of esters is 1. The third kappa shape index (κ3) is 6.50. The van der Waals surface area contributed by atoms with Gasteiger partial charge in [-0.25, -0.2) is 9.48 Å². The average Bonchev–Trinajstić information content (AvgIpc) is 3.38. The first kappa shape index (κ1) is 29.7. The number of carbonyl (C=O) groups excluding carboxylic acids is 1. The van der Waals surface area contributed by atoms with E-state index in [9.17, 15) is 4.79 Å². The summed E-state index contributed by atoms with van der Waals surface area (Å²) >= 11 is 7.85. The summed E-state index contributed by atoms with van der Waals surface area (Å²) in [5.41, 5.74) is 7.97. The number of hydrogen-bond donors (Lipinski definition) is 1. The second-order valence-corrected chi connectivity index (χ2v) is 11.8. The molecule has 1 unspecified atom stereocenters. The first-order chi connectivity index (χ1) is 20.2. The van der Waals surface area contributed by atoms with E-state index >= 15 is 0 Å². The molecule has 0 saturated carbocycles. The van der Waals surface area contributed by atoms with Gasteiger partial charge >= 0.3 is 5.97 Å². The third-order valence-electron chi connectivity index (χ3n) is 7.35. The summed E-state index contributed by atoms with van der Waals surface area (Å²) < 4.78 is 13.5. The molecule has 0 fully saturated rings. The van der Waals surface area contributed by atoms with E-state index in [1.807, 2.05) is 62.4 Å². The number of allylic oxidation sites excluding steroid dienone is 1. The fourth-order valence-electron chi connectivity index (χ4n) is 4.88. The smallest absolute Gasteiger partial charge is 0.338 e. The van der Waals surface area contributed by atoms with Gasteiger partial charge in [-0.3, -0.25) is 0 Å². The molecular formula is C33H35ClN4O3S. The number of aromatic nitrogens is 3. The Morgan fingerprint density at radius 3 is 2.48 bits per heavy atom. The summed E-state index contributed by atoms with van der Waals surface area (Å²) in [7, 11) is 0. The van der Waals surface area contributed by atoms with Gasteiger partial charge in [0.15, 0.2) is 0 Å². The lowest BCUT2D eigenvalue weighted by atomic mass is 9.95. The molecule has 1 atom stereocenters. The lowest BCUT2D eigenvalue weighted by Gasteiger charge is -2.28. The van der Waals surface area contributed by atoms with Crippen molar-refractivity contribution in [1.29, 1.82) is 0 Å². The van der Waals surface area contributed by atoms with E-state index in [1.54, 1.807) is 4.68 Å². The highest BCUT2D eigenvalue weighted by Gasteiger charge is 2.35. The maximum atomic E-state index is 13.3. The van der Waals surface area contributed by atoms with Gasteiger partial charge in [0.1, 0.15) is 18.4 Å². The van der Waals surface area contributed by atoms with Gasteiger partial charge in [-0.05, 0) is 85.7 Å². The number of halogens is 1. The van der Waals surface area contributed by atoms with Crippen molar-refractivity contribution in [2.45, 2.75) is 64.6 Å². The molecule has 0 spiro atoms. The zero-order valence-corrected chi connectivity index (χ0v) is 26.1. The highest BCUT2D eigenvalue weighted by Crippen LogP contribution is 2.38. The van der Waals surface area contributed by atoms with Gasteiger partial charge in [0.25, 0.3) is 0 Å². The highest BCUT2D eigenvalue weighted by atomic mass is 35.5. The zero-order valence-electron chi connectivity index (χ0n) is 24.5. The van der Waals surface area contributed by atoms with Crippen LogP contribution in [0.15, 0.2) is 77.1 Å². The van der Waals surface area contributed by atoms with Crippen molar-refractivity contribution in [2.24, 2.45) is 0 Å². The first-order valence-electron chi connectivity index (χ1n) is 14.0. The Morgan fingerprint density at radius 2 is 1.74 bits per heavy atom. The van der Waals surface area contributed by atoms with Gasteiger partial charge in [-0.1, -0.05) is 72.8 Å². The molecule has 1 aliphatic rings. The predicted molar refractivity (Wildman–Crippen MR) is 168 cm³/mol. The van der Waals surface area contributed by atoms with Crippen LogP contribution in [0.4, 0.5) is 5.95 Å². The maximum Gasteiger partial charge on any atom is 0.338 e. The Morgan fingerprint density at radius 1 is 1.00 bits per heavy atom. The summed E-state index contributed by atoms with van der Waals surface area (Å²) in [6.07, 6.45) is 0.736. The molecule has 3 aromatic carbocycles. The van der Waals surface area contributed by atoms with Crippen LogP contribution in [-0.4, -0.2) is 27.3 Å². The molecule has 9 heteroatoms. The van der Waals surface area contributed by atoms with Gasteiger partial charge in [0.05, 0.1) is 12.2 Å². The predicted octanol–water partition coefficient (Wildman–Crippen LogP) is 7.97. The van der Waals surface area contributed by atoms with Crippen molar-refractivity contribution < 1.29 is 14.3 Å². The minimum atomic E-state index is -0.510. The van der Waals surface area contributed by atoms with E-state index in [0.29, 0.717) is 46.4 Å². The minimum absolute atomic E-state index is 0.343. The first-order valence-corrected chi connectivity index (χ1v) is 15.4. The molecule has 2 heterocycles. The number of aryl methyl sites for hydroxylation is 3. The second-order valence-electron chi connectivity index (χ2n) is 10.5. The zero-order chi connectivity index (χ0) is 29.8. The van der Waals surface area contributed by atoms with E-state index in [-0.39, 0.29) is 5.97 Å². The Kier molecular flexibility index (Phi) is 9.24. The molecule has 1 N–H and O–H groups in total. The SMILES string of the molecule is CCCOC(=O)C1=C(C)Nc2nc(SCc3ccccc3Cl)nn2C1c1ccc(OCc2cc(C)c(C)cc2C)cc1. The number of ether oxygens (including phenoxy) is 2. The van der Waals surface area contributed by atoms with Crippen LogP contribution in [0, 0.1) is 20.8 Å². The van der Waals surface area contributed by atoms with E-state index in [0.717, 1.165) is 28.9 Å². The van der Waals surface area contributed by atoms with Crippen molar-refractivity contribution >= 4 is 35.3 Å². The van der Waals surface area contributed by atoms with Crippen LogP contribution in [-0.2, 0) is 21.9 Å². The quantitative estimate of drug-likeness (QED) is 0.146. The van der Waals surface area contributed by atoms with E-state index in [2.05, 4.69) is 38.2 Å². The fraction of sp³-hybridized carbons (Fsp3) is 0.303. The number of fused-ring (bicyclic) bond motifs is 1. The van der Waals surface area contributed by atoms with Crippen LogP contribution in [0.5, 0.6) is 5.75 Å². The number of nitrogens with zero attached hydrogens (tertiary/aromatic N) is 3. The normalized spacial score (nSPS) is 14.4. The second kappa shape index (κ2) is 13.0. The Hall–Kier alpha value is -3.75. The largest absolute Gasteiger partial charge is 0.489 e. The lowest BCUT2D eigenvalue weighted by Crippen LogP contribution is -2.29. The summed E-state index contributed by atoms with van der Waals surface area (Å²) in [6.45, 7) is 11.0. The Bertz CT molecular complexity index is 1630. The highest BCUT2D eigenvalue weighted by molar-refractivity contribution is 7.98. The molecule has 5 rings (SSSR count). The summed E-state index contributed by atoms with van der Waals surface area (Å²) in [4.78, 5) is 18.0. The van der Waals surface area contributed by atoms with Crippen LogP contribution in [0.1, 0.15) is 59.7 Å². The van der Waals surface area contributed by atoms with Crippen LogP contribution in [0.25, 0.3) is 0 Å². The molecule has 218 valence electrons. The third-order valence-corrected chi connectivity index (χ3v) is 8.60. The van der Waals surface area contributed by atoms with Crippen molar-refractivity contribution in [3.8, 4) is 5.75 Å². The topological polar surface area (TPSA) is 78.3 Å². The van der Waals surface area contributed by atoms with Crippen molar-refractivity contribution in [2.75, 3.05) is 11.9 Å². The fourth-order valence-corrected chi connectivity index (χ4v) is 5.99. The average molecular weight is 603 g/mol. The molecule has 1 aliphatic heterocycles. The number of nitrogens with one attached hydrogen (secondary N) is 1. The molecule has 0 bridgehead atoms. The number of carbonyl (C=O) groups is 1. The van der Waals surface area contributed by atoms with E-state index in [1.165, 1.54) is 28.5 Å². The van der Waals surface area contributed by atoms with E-state index in [4.69, 9.17) is 31.2 Å². The van der Waals surface area contributed by atoms with Crippen molar-refractivity contribution in [3.63, 3.8) is 0 Å². The van der Waals surface area contributed by atoms with Gasteiger partial charge in [0.2, 0.25) is 11.1 Å². The Balaban J connectivity index is 1.41. The van der Waals surface area contributed by atoms with Gasteiger partial charge in [-0.2, -0.15) is 4.98 Å². The number of rotatable bonds is 10.